The normalized spacial score (nSPS) is 18.6. The fourth-order valence-corrected chi connectivity index (χ4v) is 2.66. The summed E-state index contributed by atoms with van der Waals surface area (Å²) in [5, 5.41) is 4.03. The van der Waals surface area contributed by atoms with Crippen molar-refractivity contribution in [3.05, 3.63) is 42.1 Å². The summed E-state index contributed by atoms with van der Waals surface area (Å²) < 4.78 is 5.61. The van der Waals surface area contributed by atoms with Crippen molar-refractivity contribution in [3.8, 4) is 0 Å². The van der Waals surface area contributed by atoms with Gasteiger partial charge in [0.05, 0.1) is 18.0 Å². The number of hydrogen-bond acceptors (Lipinski definition) is 3. The lowest BCUT2D eigenvalue weighted by atomic mass is 10.1. The summed E-state index contributed by atoms with van der Waals surface area (Å²) in [5.74, 6) is 0.0289. The molecule has 0 saturated carbocycles. The van der Waals surface area contributed by atoms with Gasteiger partial charge in [0.25, 0.3) is 0 Å². The molecule has 1 aromatic heterocycles. The number of nitrogens with zero attached hydrogens (tertiary/aromatic N) is 1. The van der Waals surface area contributed by atoms with E-state index in [0.29, 0.717) is 13.0 Å². The van der Waals surface area contributed by atoms with Gasteiger partial charge in [0.15, 0.2) is 0 Å². The summed E-state index contributed by atoms with van der Waals surface area (Å²) in [7, 11) is 0. The number of fused-ring (bicyclic) bond motifs is 1. The second-order valence-electron chi connectivity index (χ2n) is 5.51. The second-order valence-corrected chi connectivity index (χ2v) is 5.51. The Morgan fingerprint density at radius 3 is 3.10 bits per heavy atom. The first-order valence-electron chi connectivity index (χ1n) is 7.53. The Hall–Kier alpha value is -1.94. The predicted octanol–water partition coefficient (Wildman–Crippen LogP) is 2.46. The monoisotopic (exact) mass is 284 g/mol. The molecule has 0 bridgehead atoms. The van der Waals surface area contributed by atoms with Crippen molar-refractivity contribution >= 4 is 16.8 Å². The fourth-order valence-electron chi connectivity index (χ4n) is 2.66. The number of carbonyl (C=O) groups is 1. The highest BCUT2D eigenvalue weighted by molar-refractivity contribution is 5.82. The van der Waals surface area contributed by atoms with Crippen LogP contribution in [0.3, 0.4) is 0 Å². The minimum absolute atomic E-state index is 0.0289. The zero-order chi connectivity index (χ0) is 14.5. The Kier molecular flexibility index (Phi) is 4.46. The van der Waals surface area contributed by atoms with Crippen LogP contribution in [0.4, 0.5) is 0 Å². The van der Waals surface area contributed by atoms with Crippen LogP contribution in [0.2, 0.25) is 0 Å². The molecule has 110 valence electrons. The quantitative estimate of drug-likeness (QED) is 0.938. The van der Waals surface area contributed by atoms with E-state index in [-0.39, 0.29) is 12.0 Å². The van der Waals surface area contributed by atoms with Crippen molar-refractivity contribution in [2.45, 2.75) is 31.8 Å². The molecular weight excluding hydrogens is 264 g/mol. The molecule has 0 aliphatic carbocycles. The van der Waals surface area contributed by atoms with Gasteiger partial charge in [-0.05, 0) is 37.0 Å². The molecule has 0 radical (unpaired) electrons. The van der Waals surface area contributed by atoms with E-state index in [4.69, 9.17) is 4.74 Å². The van der Waals surface area contributed by atoms with E-state index in [0.717, 1.165) is 35.9 Å². The lowest BCUT2D eigenvalue weighted by Crippen LogP contribution is -2.36. The van der Waals surface area contributed by atoms with Crippen LogP contribution in [-0.2, 0) is 16.0 Å². The number of para-hydroxylation sites is 1. The van der Waals surface area contributed by atoms with E-state index in [1.807, 2.05) is 30.3 Å². The first-order chi connectivity index (χ1) is 10.3. The van der Waals surface area contributed by atoms with Crippen molar-refractivity contribution < 1.29 is 9.53 Å². The Labute approximate surface area is 124 Å². The average Bonchev–Trinajstić information content (AvgIpc) is 2.54. The maximum absolute atomic E-state index is 12.0. The summed E-state index contributed by atoms with van der Waals surface area (Å²) >= 11 is 0. The predicted molar refractivity (Wildman–Crippen MR) is 82.0 cm³/mol. The van der Waals surface area contributed by atoms with Crippen molar-refractivity contribution in [1.29, 1.82) is 0 Å². The van der Waals surface area contributed by atoms with E-state index in [9.17, 15) is 4.79 Å². The molecule has 1 aromatic carbocycles. The molecule has 4 nitrogen and oxygen atoms in total. The molecule has 1 N–H and O–H groups in total. The highest BCUT2D eigenvalue weighted by Crippen LogP contribution is 2.14. The van der Waals surface area contributed by atoms with Gasteiger partial charge in [-0.15, -0.1) is 0 Å². The van der Waals surface area contributed by atoms with Crippen LogP contribution in [-0.4, -0.2) is 30.1 Å². The van der Waals surface area contributed by atoms with Gasteiger partial charge in [-0.25, -0.2) is 0 Å². The third kappa shape index (κ3) is 3.79. The maximum Gasteiger partial charge on any atom is 0.224 e. The van der Waals surface area contributed by atoms with Crippen LogP contribution in [0.5, 0.6) is 0 Å². The van der Waals surface area contributed by atoms with Crippen LogP contribution in [0.15, 0.2) is 36.5 Å². The molecule has 21 heavy (non-hydrogen) atoms. The lowest BCUT2D eigenvalue weighted by Gasteiger charge is -2.22. The Morgan fingerprint density at radius 1 is 1.33 bits per heavy atom. The largest absolute Gasteiger partial charge is 0.376 e. The summed E-state index contributed by atoms with van der Waals surface area (Å²) in [6, 6.07) is 9.96. The number of aromatic nitrogens is 1. The molecule has 1 fully saturated rings. The summed E-state index contributed by atoms with van der Waals surface area (Å²) in [4.78, 5) is 16.4. The molecule has 4 heteroatoms. The zero-order valence-corrected chi connectivity index (χ0v) is 12.0. The second kappa shape index (κ2) is 6.68. The molecule has 1 saturated heterocycles. The summed E-state index contributed by atoms with van der Waals surface area (Å²) in [5.41, 5.74) is 1.90. The molecule has 0 unspecified atom stereocenters. The number of amides is 1. The van der Waals surface area contributed by atoms with Crippen molar-refractivity contribution in [1.82, 2.24) is 10.3 Å². The molecule has 1 amide bonds. The first-order valence-corrected chi connectivity index (χ1v) is 7.53. The molecule has 1 atom stereocenters. The molecule has 1 aliphatic rings. The fraction of sp³-hybridized carbons (Fsp3) is 0.412. The molecule has 1 aliphatic heterocycles. The number of hydrogen-bond donors (Lipinski definition) is 1. The average molecular weight is 284 g/mol. The van der Waals surface area contributed by atoms with Gasteiger partial charge in [-0.2, -0.15) is 0 Å². The third-order valence-electron chi connectivity index (χ3n) is 3.81. The molecule has 2 heterocycles. The lowest BCUT2D eigenvalue weighted by molar-refractivity contribution is -0.121. The number of pyridine rings is 1. The number of benzene rings is 1. The molecule has 0 spiro atoms. The van der Waals surface area contributed by atoms with Crippen molar-refractivity contribution in [3.63, 3.8) is 0 Å². The Morgan fingerprint density at radius 2 is 2.24 bits per heavy atom. The number of nitrogens with one attached hydrogen (secondary N) is 1. The zero-order valence-electron chi connectivity index (χ0n) is 12.0. The van der Waals surface area contributed by atoms with Crippen LogP contribution in [0.25, 0.3) is 10.9 Å². The number of carbonyl (C=O) groups excluding carboxylic acids is 1. The maximum atomic E-state index is 12.0. The van der Waals surface area contributed by atoms with Gasteiger partial charge in [0.1, 0.15) is 0 Å². The van der Waals surface area contributed by atoms with E-state index in [1.165, 1.54) is 6.42 Å². The SMILES string of the molecule is O=C(Cc1cnc2ccccc2c1)NC[C@@H]1CCCCO1. The van der Waals surface area contributed by atoms with Crippen molar-refractivity contribution in [2.75, 3.05) is 13.2 Å². The minimum atomic E-state index is 0.0289. The van der Waals surface area contributed by atoms with Crippen LogP contribution < -0.4 is 5.32 Å². The summed E-state index contributed by atoms with van der Waals surface area (Å²) in [6.07, 6.45) is 5.68. The van der Waals surface area contributed by atoms with E-state index < -0.39 is 0 Å². The highest BCUT2D eigenvalue weighted by atomic mass is 16.5. The van der Waals surface area contributed by atoms with Gasteiger partial charge in [-0.1, -0.05) is 18.2 Å². The first kappa shape index (κ1) is 14.0. The van der Waals surface area contributed by atoms with E-state index in [1.54, 1.807) is 6.20 Å². The van der Waals surface area contributed by atoms with Gasteiger partial charge in [-0.3, -0.25) is 9.78 Å². The van der Waals surface area contributed by atoms with E-state index >= 15 is 0 Å². The highest BCUT2D eigenvalue weighted by Gasteiger charge is 2.14. The van der Waals surface area contributed by atoms with E-state index in [2.05, 4.69) is 10.3 Å². The van der Waals surface area contributed by atoms with Gasteiger partial charge in [0.2, 0.25) is 5.91 Å². The molecule has 3 rings (SSSR count). The smallest absolute Gasteiger partial charge is 0.224 e. The standard InChI is InChI=1S/C17H20N2O2/c20-17(19-12-15-6-3-4-8-21-15)10-13-9-14-5-1-2-7-16(14)18-11-13/h1-2,5,7,9,11,15H,3-4,6,8,10,12H2,(H,19,20)/t15-/m0/s1. The van der Waals surface area contributed by atoms with Crippen LogP contribution in [0.1, 0.15) is 24.8 Å². The molecular formula is C17H20N2O2. The van der Waals surface area contributed by atoms with Crippen molar-refractivity contribution in [2.24, 2.45) is 0 Å². The van der Waals surface area contributed by atoms with Gasteiger partial charge in [0, 0.05) is 24.7 Å². The van der Waals surface area contributed by atoms with Crippen LogP contribution in [0, 0.1) is 0 Å². The number of rotatable bonds is 4. The molecule has 2 aromatic rings. The topological polar surface area (TPSA) is 51.2 Å². The Balaban J connectivity index is 1.55. The minimum Gasteiger partial charge on any atom is -0.376 e. The summed E-state index contributed by atoms with van der Waals surface area (Å²) in [6.45, 7) is 1.43. The number of ether oxygens (including phenoxy) is 1. The van der Waals surface area contributed by atoms with Gasteiger partial charge >= 0.3 is 0 Å². The Bertz CT molecular complexity index is 621. The van der Waals surface area contributed by atoms with Gasteiger partial charge < -0.3 is 10.1 Å². The van der Waals surface area contributed by atoms with Crippen LogP contribution >= 0.6 is 0 Å². The third-order valence-corrected chi connectivity index (χ3v) is 3.81.